The summed E-state index contributed by atoms with van der Waals surface area (Å²) in [5.41, 5.74) is 0.931. The maximum atomic E-state index is 12.6. The largest absolute Gasteiger partial charge is 0.493 e. The lowest BCUT2D eigenvalue weighted by Gasteiger charge is -2.34. The van der Waals surface area contributed by atoms with Crippen molar-refractivity contribution in [3.63, 3.8) is 0 Å². The summed E-state index contributed by atoms with van der Waals surface area (Å²) in [5, 5.41) is 0. The molecule has 0 saturated carbocycles. The Labute approximate surface area is 147 Å². The van der Waals surface area contributed by atoms with Gasteiger partial charge in [0.25, 0.3) is 0 Å². The predicted octanol–water partition coefficient (Wildman–Crippen LogP) is 2.18. The molecule has 0 aliphatic carbocycles. The summed E-state index contributed by atoms with van der Waals surface area (Å²) >= 11 is 0. The van der Waals surface area contributed by atoms with E-state index in [9.17, 15) is 4.79 Å². The van der Waals surface area contributed by atoms with Crippen molar-refractivity contribution in [3.05, 3.63) is 47.9 Å². The molecule has 0 bridgehead atoms. The number of amides is 1. The molecule has 0 spiro atoms. The van der Waals surface area contributed by atoms with Gasteiger partial charge in [-0.05, 0) is 29.8 Å². The maximum absolute atomic E-state index is 12.6. The molecule has 6 heteroatoms. The average Bonchev–Trinajstić information content (AvgIpc) is 3.15. The van der Waals surface area contributed by atoms with Gasteiger partial charge < -0.3 is 18.8 Å². The molecule has 2 aromatic rings. The first-order chi connectivity index (χ1) is 12.2. The molecule has 1 aromatic carbocycles. The van der Waals surface area contributed by atoms with Gasteiger partial charge in [0.15, 0.2) is 11.5 Å². The smallest absolute Gasteiger partial charge is 0.227 e. The number of nitrogens with zero attached hydrogens (tertiary/aromatic N) is 2. The van der Waals surface area contributed by atoms with Crippen LogP contribution in [0.2, 0.25) is 0 Å². The van der Waals surface area contributed by atoms with Crippen molar-refractivity contribution in [1.82, 2.24) is 9.80 Å². The molecule has 2 heterocycles. The molecule has 0 N–H and O–H groups in total. The lowest BCUT2D eigenvalue weighted by Crippen LogP contribution is -2.48. The van der Waals surface area contributed by atoms with E-state index in [1.54, 1.807) is 20.5 Å². The van der Waals surface area contributed by atoms with Gasteiger partial charge in [0, 0.05) is 26.2 Å². The monoisotopic (exact) mass is 344 g/mol. The molecule has 3 rings (SSSR count). The minimum Gasteiger partial charge on any atom is -0.493 e. The van der Waals surface area contributed by atoms with E-state index in [4.69, 9.17) is 13.9 Å². The fourth-order valence-electron chi connectivity index (χ4n) is 3.06. The molecule has 1 aromatic heterocycles. The van der Waals surface area contributed by atoms with Crippen LogP contribution in [0, 0.1) is 0 Å². The van der Waals surface area contributed by atoms with E-state index in [2.05, 4.69) is 4.90 Å². The van der Waals surface area contributed by atoms with Crippen LogP contribution in [0.1, 0.15) is 11.3 Å². The van der Waals surface area contributed by atoms with E-state index >= 15 is 0 Å². The van der Waals surface area contributed by atoms with Crippen molar-refractivity contribution in [2.75, 3.05) is 40.4 Å². The molecule has 1 amide bonds. The van der Waals surface area contributed by atoms with Crippen LogP contribution >= 0.6 is 0 Å². The summed E-state index contributed by atoms with van der Waals surface area (Å²) in [5.74, 6) is 2.43. The van der Waals surface area contributed by atoms with Crippen molar-refractivity contribution in [1.29, 1.82) is 0 Å². The number of rotatable bonds is 6. The summed E-state index contributed by atoms with van der Waals surface area (Å²) in [4.78, 5) is 16.8. The minimum atomic E-state index is 0.143. The standard InChI is InChI=1S/C19H24N2O4/c1-23-17-6-5-15(12-18(17)24-2)13-19(22)21-9-7-20(8-10-21)14-16-4-3-11-25-16/h3-6,11-12H,7-10,13-14H2,1-2H3. The third kappa shape index (κ3) is 4.33. The number of carbonyl (C=O) groups is 1. The quantitative estimate of drug-likeness (QED) is 0.804. The first-order valence-corrected chi connectivity index (χ1v) is 8.43. The highest BCUT2D eigenvalue weighted by Crippen LogP contribution is 2.27. The van der Waals surface area contributed by atoms with Crippen molar-refractivity contribution in [2.45, 2.75) is 13.0 Å². The van der Waals surface area contributed by atoms with Crippen molar-refractivity contribution >= 4 is 5.91 Å². The summed E-state index contributed by atoms with van der Waals surface area (Å²) in [6.07, 6.45) is 2.07. The molecular weight excluding hydrogens is 320 g/mol. The van der Waals surface area contributed by atoms with Crippen LogP contribution in [-0.2, 0) is 17.8 Å². The number of piperazine rings is 1. The number of ether oxygens (including phenoxy) is 2. The first-order valence-electron chi connectivity index (χ1n) is 8.43. The number of carbonyl (C=O) groups excluding carboxylic acids is 1. The Hall–Kier alpha value is -2.47. The number of benzene rings is 1. The van der Waals surface area contributed by atoms with Crippen LogP contribution in [-0.4, -0.2) is 56.1 Å². The SMILES string of the molecule is COc1ccc(CC(=O)N2CCN(Cc3ccco3)CC2)cc1OC. The van der Waals surface area contributed by atoms with Gasteiger partial charge in [-0.2, -0.15) is 0 Å². The molecule has 25 heavy (non-hydrogen) atoms. The predicted molar refractivity (Wildman–Crippen MR) is 93.8 cm³/mol. The highest BCUT2D eigenvalue weighted by Gasteiger charge is 2.22. The molecule has 6 nitrogen and oxygen atoms in total. The molecule has 0 atom stereocenters. The first kappa shape index (κ1) is 17.4. The Bertz CT molecular complexity index is 691. The molecule has 1 fully saturated rings. The second kappa shape index (κ2) is 8.07. The van der Waals surface area contributed by atoms with Gasteiger partial charge in [0.05, 0.1) is 33.4 Å². The number of furan rings is 1. The third-order valence-corrected chi connectivity index (χ3v) is 4.49. The van der Waals surface area contributed by atoms with Gasteiger partial charge >= 0.3 is 0 Å². The van der Waals surface area contributed by atoms with Crippen LogP contribution in [0.25, 0.3) is 0 Å². The van der Waals surface area contributed by atoms with E-state index in [-0.39, 0.29) is 5.91 Å². The van der Waals surface area contributed by atoms with Crippen molar-refractivity contribution in [2.24, 2.45) is 0 Å². The zero-order valence-electron chi connectivity index (χ0n) is 14.7. The normalized spacial score (nSPS) is 15.2. The summed E-state index contributed by atoms with van der Waals surface area (Å²) in [6.45, 7) is 4.00. The van der Waals surface area contributed by atoms with Gasteiger partial charge in [-0.3, -0.25) is 9.69 Å². The second-order valence-electron chi connectivity index (χ2n) is 6.10. The molecule has 1 saturated heterocycles. The van der Waals surface area contributed by atoms with Gasteiger partial charge in [0.2, 0.25) is 5.91 Å². The van der Waals surface area contributed by atoms with Gasteiger partial charge in [-0.25, -0.2) is 0 Å². The zero-order chi connectivity index (χ0) is 17.6. The second-order valence-corrected chi connectivity index (χ2v) is 6.10. The Morgan fingerprint density at radius 2 is 1.84 bits per heavy atom. The highest BCUT2D eigenvalue weighted by atomic mass is 16.5. The van der Waals surface area contributed by atoms with E-state index in [1.165, 1.54) is 0 Å². The molecule has 134 valence electrons. The van der Waals surface area contributed by atoms with Crippen LogP contribution < -0.4 is 9.47 Å². The molecule has 1 aliphatic rings. The lowest BCUT2D eigenvalue weighted by atomic mass is 10.1. The maximum Gasteiger partial charge on any atom is 0.227 e. The Morgan fingerprint density at radius 3 is 2.48 bits per heavy atom. The lowest BCUT2D eigenvalue weighted by molar-refractivity contribution is -0.132. The summed E-state index contributed by atoms with van der Waals surface area (Å²) in [7, 11) is 3.20. The molecule has 0 radical (unpaired) electrons. The van der Waals surface area contributed by atoms with Crippen LogP contribution in [0.3, 0.4) is 0 Å². The third-order valence-electron chi connectivity index (χ3n) is 4.49. The molecular formula is C19H24N2O4. The number of hydrogen-bond donors (Lipinski definition) is 0. The zero-order valence-corrected chi connectivity index (χ0v) is 14.7. The molecule has 0 unspecified atom stereocenters. The average molecular weight is 344 g/mol. The van der Waals surface area contributed by atoms with E-state index < -0.39 is 0 Å². The van der Waals surface area contributed by atoms with Crippen LogP contribution in [0.15, 0.2) is 41.0 Å². The van der Waals surface area contributed by atoms with Crippen LogP contribution in [0.4, 0.5) is 0 Å². The fourth-order valence-corrected chi connectivity index (χ4v) is 3.06. The van der Waals surface area contributed by atoms with Crippen LogP contribution in [0.5, 0.6) is 11.5 Å². The minimum absolute atomic E-state index is 0.143. The van der Waals surface area contributed by atoms with Crippen molar-refractivity contribution in [3.8, 4) is 11.5 Å². The van der Waals surface area contributed by atoms with E-state index in [0.29, 0.717) is 17.9 Å². The van der Waals surface area contributed by atoms with E-state index in [0.717, 1.165) is 44.0 Å². The Balaban J connectivity index is 1.52. The van der Waals surface area contributed by atoms with Crippen molar-refractivity contribution < 1.29 is 18.7 Å². The Morgan fingerprint density at radius 1 is 1.08 bits per heavy atom. The van der Waals surface area contributed by atoms with Gasteiger partial charge in [-0.15, -0.1) is 0 Å². The highest BCUT2D eigenvalue weighted by molar-refractivity contribution is 5.79. The summed E-state index contributed by atoms with van der Waals surface area (Å²) < 4.78 is 15.9. The number of methoxy groups -OCH3 is 2. The Kier molecular flexibility index (Phi) is 5.60. The van der Waals surface area contributed by atoms with Gasteiger partial charge in [0.1, 0.15) is 5.76 Å². The topological polar surface area (TPSA) is 55.2 Å². The fraction of sp³-hybridized carbons (Fsp3) is 0.421. The summed E-state index contributed by atoms with van der Waals surface area (Å²) in [6, 6.07) is 9.49. The molecule has 1 aliphatic heterocycles. The van der Waals surface area contributed by atoms with E-state index in [1.807, 2.05) is 35.2 Å². The number of hydrogen-bond acceptors (Lipinski definition) is 5. The van der Waals surface area contributed by atoms with Gasteiger partial charge in [-0.1, -0.05) is 6.07 Å².